The van der Waals surface area contributed by atoms with Crippen LogP contribution in [0.4, 0.5) is 0 Å². The average molecular weight is 476 g/mol. The minimum Gasteiger partial charge on any atom is -0.356 e. The SMILES string of the molecule is CN=C(NCCc1ccccc1Cl)NCc1cn2ccsc2n1.I. The van der Waals surface area contributed by atoms with Crippen molar-refractivity contribution in [3.05, 3.63) is 58.3 Å². The Morgan fingerprint density at radius 1 is 1.33 bits per heavy atom. The maximum absolute atomic E-state index is 6.16. The fraction of sp³-hybridized carbons (Fsp3) is 0.250. The fourth-order valence-electron chi connectivity index (χ4n) is 2.27. The molecule has 3 aromatic rings. The van der Waals surface area contributed by atoms with Gasteiger partial charge in [0.1, 0.15) is 0 Å². The van der Waals surface area contributed by atoms with Crippen molar-refractivity contribution in [1.29, 1.82) is 0 Å². The zero-order valence-electron chi connectivity index (χ0n) is 13.2. The van der Waals surface area contributed by atoms with E-state index in [4.69, 9.17) is 11.6 Å². The van der Waals surface area contributed by atoms with Crippen molar-refractivity contribution >= 4 is 57.8 Å². The molecule has 0 aliphatic heterocycles. The topological polar surface area (TPSA) is 53.7 Å². The number of hydrogen-bond donors (Lipinski definition) is 2. The van der Waals surface area contributed by atoms with Gasteiger partial charge >= 0.3 is 0 Å². The highest BCUT2D eigenvalue weighted by atomic mass is 127. The van der Waals surface area contributed by atoms with Crippen molar-refractivity contribution in [2.45, 2.75) is 13.0 Å². The smallest absolute Gasteiger partial charge is 0.193 e. The molecular weight excluding hydrogens is 457 g/mol. The largest absolute Gasteiger partial charge is 0.356 e. The molecule has 8 heteroatoms. The Morgan fingerprint density at radius 3 is 2.92 bits per heavy atom. The van der Waals surface area contributed by atoms with Crippen LogP contribution in [-0.2, 0) is 13.0 Å². The minimum absolute atomic E-state index is 0. The molecule has 0 aliphatic rings. The van der Waals surface area contributed by atoms with Crippen LogP contribution in [0.5, 0.6) is 0 Å². The Bertz CT molecular complexity index is 785. The van der Waals surface area contributed by atoms with Crippen molar-refractivity contribution in [2.75, 3.05) is 13.6 Å². The quantitative estimate of drug-likeness (QED) is 0.337. The number of hydrogen-bond acceptors (Lipinski definition) is 3. The predicted molar refractivity (Wildman–Crippen MR) is 112 cm³/mol. The molecule has 0 atom stereocenters. The molecule has 2 heterocycles. The van der Waals surface area contributed by atoms with Crippen LogP contribution in [-0.4, -0.2) is 28.9 Å². The number of benzene rings is 1. The van der Waals surface area contributed by atoms with Gasteiger partial charge in [-0.1, -0.05) is 29.8 Å². The van der Waals surface area contributed by atoms with Crippen LogP contribution in [0.25, 0.3) is 4.96 Å². The molecule has 0 radical (unpaired) electrons. The molecule has 3 rings (SSSR count). The summed E-state index contributed by atoms with van der Waals surface area (Å²) < 4.78 is 2.02. The summed E-state index contributed by atoms with van der Waals surface area (Å²) in [4.78, 5) is 9.77. The normalized spacial score (nSPS) is 11.3. The molecule has 2 aromatic heterocycles. The summed E-state index contributed by atoms with van der Waals surface area (Å²) in [5.41, 5.74) is 2.12. The van der Waals surface area contributed by atoms with Gasteiger partial charge in [0.2, 0.25) is 0 Å². The van der Waals surface area contributed by atoms with Gasteiger partial charge in [-0.3, -0.25) is 9.39 Å². The lowest BCUT2D eigenvalue weighted by molar-refractivity contribution is 0.786. The van der Waals surface area contributed by atoms with E-state index < -0.39 is 0 Å². The number of aliphatic imine (C=N–C) groups is 1. The average Bonchev–Trinajstić information content (AvgIpc) is 3.13. The lowest BCUT2D eigenvalue weighted by atomic mass is 10.1. The Balaban J connectivity index is 0.00000208. The number of guanidine groups is 1. The van der Waals surface area contributed by atoms with Crippen LogP contribution >= 0.6 is 46.9 Å². The summed E-state index contributed by atoms with van der Waals surface area (Å²) in [6.45, 7) is 1.40. The summed E-state index contributed by atoms with van der Waals surface area (Å²) in [5, 5.41) is 9.39. The lowest BCUT2D eigenvalue weighted by Crippen LogP contribution is -2.37. The van der Waals surface area contributed by atoms with E-state index in [1.165, 1.54) is 0 Å². The minimum atomic E-state index is 0. The van der Waals surface area contributed by atoms with Gasteiger partial charge < -0.3 is 10.6 Å². The van der Waals surface area contributed by atoms with Crippen molar-refractivity contribution < 1.29 is 0 Å². The highest BCUT2D eigenvalue weighted by molar-refractivity contribution is 14.0. The molecule has 5 nitrogen and oxygen atoms in total. The van der Waals surface area contributed by atoms with E-state index in [-0.39, 0.29) is 24.0 Å². The summed E-state index contributed by atoms with van der Waals surface area (Å²) in [7, 11) is 1.76. The van der Waals surface area contributed by atoms with Gasteiger partial charge in [0.05, 0.1) is 12.2 Å². The summed E-state index contributed by atoms with van der Waals surface area (Å²) in [5.74, 6) is 0.758. The van der Waals surface area contributed by atoms with Gasteiger partial charge in [-0.05, 0) is 18.1 Å². The number of halogens is 2. The third-order valence-corrected chi connectivity index (χ3v) is 4.59. The zero-order chi connectivity index (χ0) is 16.1. The Labute approximate surface area is 167 Å². The van der Waals surface area contributed by atoms with Crippen LogP contribution in [0.3, 0.4) is 0 Å². The number of nitrogens with zero attached hydrogens (tertiary/aromatic N) is 3. The second-order valence-corrected chi connectivity index (χ2v) is 6.30. The Hall–Kier alpha value is -1.32. The maximum atomic E-state index is 6.16. The predicted octanol–water partition coefficient (Wildman–Crippen LogP) is 3.57. The third kappa shape index (κ3) is 4.84. The second kappa shape index (κ2) is 9.24. The molecule has 128 valence electrons. The Morgan fingerprint density at radius 2 is 2.17 bits per heavy atom. The molecular formula is C16H19ClIN5S. The first-order valence-electron chi connectivity index (χ1n) is 7.35. The van der Waals surface area contributed by atoms with Crippen LogP contribution in [0.1, 0.15) is 11.3 Å². The third-order valence-electron chi connectivity index (χ3n) is 3.45. The van der Waals surface area contributed by atoms with Crippen molar-refractivity contribution in [3.63, 3.8) is 0 Å². The molecule has 0 spiro atoms. The number of thiazole rings is 1. The summed E-state index contributed by atoms with van der Waals surface area (Å²) in [6, 6.07) is 7.89. The monoisotopic (exact) mass is 475 g/mol. The molecule has 0 unspecified atom stereocenters. The van der Waals surface area contributed by atoms with Gasteiger partial charge in [0.25, 0.3) is 0 Å². The molecule has 0 fully saturated rings. The van der Waals surface area contributed by atoms with E-state index in [1.807, 2.05) is 46.4 Å². The molecule has 0 aliphatic carbocycles. The van der Waals surface area contributed by atoms with Crippen molar-refractivity contribution in [1.82, 2.24) is 20.0 Å². The van der Waals surface area contributed by atoms with Crippen LogP contribution in [0, 0.1) is 0 Å². The number of aromatic nitrogens is 2. The number of nitrogens with one attached hydrogen (secondary N) is 2. The van der Waals surface area contributed by atoms with Gasteiger partial charge in [-0.15, -0.1) is 35.3 Å². The molecule has 0 bridgehead atoms. The van der Waals surface area contributed by atoms with Crippen LogP contribution < -0.4 is 10.6 Å². The second-order valence-electron chi connectivity index (χ2n) is 5.02. The van der Waals surface area contributed by atoms with Crippen LogP contribution in [0.2, 0.25) is 5.02 Å². The number of imidazole rings is 1. The molecule has 0 saturated carbocycles. The summed E-state index contributed by atoms with van der Waals surface area (Å²) >= 11 is 7.79. The molecule has 0 amide bonds. The van der Waals surface area contributed by atoms with Crippen LogP contribution in [0.15, 0.2) is 47.0 Å². The van der Waals surface area contributed by atoms with Gasteiger partial charge in [-0.2, -0.15) is 0 Å². The van der Waals surface area contributed by atoms with E-state index >= 15 is 0 Å². The number of fused-ring (bicyclic) bond motifs is 1. The van der Waals surface area contributed by atoms with Gasteiger partial charge in [-0.25, -0.2) is 4.98 Å². The van der Waals surface area contributed by atoms with E-state index in [2.05, 4.69) is 20.6 Å². The lowest BCUT2D eigenvalue weighted by Gasteiger charge is -2.11. The van der Waals surface area contributed by atoms with Gasteiger partial charge in [0, 0.05) is 36.4 Å². The van der Waals surface area contributed by atoms with E-state index in [9.17, 15) is 0 Å². The maximum Gasteiger partial charge on any atom is 0.193 e. The standard InChI is InChI=1S/C16H18ClN5S.HI/c1-18-15(19-7-6-12-4-2-3-5-14(12)17)20-10-13-11-22-8-9-23-16(22)21-13;/h2-5,8-9,11H,6-7,10H2,1H3,(H2,18,19,20);1H. The first kappa shape index (κ1) is 19.0. The molecule has 2 N–H and O–H groups in total. The fourth-order valence-corrected chi connectivity index (χ4v) is 3.22. The summed E-state index contributed by atoms with van der Waals surface area (Å²) in [6.07, 6.45) is 4.88. The van der Waals surface area contributed by atoms with E-state index in [0.29, 0.717) is 6.54 Å². The van der Waals surface area contributed by atoms with Crippen molar-refractivity contribution in [3.8, 4) is 0 Å². The van der Waals surface area contributed by atoms with E-state index in [1.54, 1.807) is 18.4 Å². The highest BCUT2D eigenvalue weighted by Gasteiger charge is 2.04. The first-order chi connectivity index (χ1) is 11.3. The van der Waals surface area contributed by atoms with Gasteiger partial charge in [0.15, 0.2) is 10.9 Å². The first-order valence-corrected chi connectivity index (χ1v) is 8.61. The number of rotatable bonds is 5. The Kier molecular flexibility index (Phi) is 7.32. The molecule has 0 saturated heterocycles. The van der Waals surface area contributed by atoms with E-state index in [0.717, 1.165) is 40.2 Å². The highest BCUT2D eigenvalue weighted by Crippen LogP contribution is 2.14. The molecule has 1 aromatic carbocycles. The molecule has 24 heavy (non-hydrogen) atoms. The zero-order valence-corrected chi connectivity index (χ0v) is 17.1. The van der Waals surface area contributed by atoms with Crippen molar-refractivity contribution in [2.24, 2.45) is 4.99 Å².